The lowest BCUT2D eigenvalue weighted by atomic mass is 9.95. The molecular formula is C14H13NO4. The van der Waals surface area contributed by atoms with E-state index in [1.165, 1.54) is 13.0 Å². The van der Waals surface area contributed by atoms with Gasteiger partial charge in [0.05, 0.1) is 11.1 Å². The van der Waals surface area contributed by atoms with Crippen LogP contribution in [-0.2, 0) is 0 Å². The summed E-state index contributed by atoms with van der Waals surface area (Å²) in [5.41, 5.74) is 1.43. The van der Waals surface area contributed by atoms with E-state index < -0.39 is 11.9 Å². The normalized spacial score (nSPS) is 10.4. The highest BCUT2D eigenvalue weighted by Crippen LogP contribution is 2.25. The zero-order chi connectivity index (χ0) is 14.2. The number of carbonyl (C=O) groups is 2. The molecule has 1 aromatic carbocycles. The molecule has 2 rings (SSSR count). The fraction of sp³-hybridized carbons (Fsp3) is 0.143. The zero-order valence-corrected chi connectivity index (χ0v) is 10.5. The second-order valence-corrected chi connectivity index (χ2v) is 4.27. The molecule has 0 spiro atoms. The molecule has 5 nitrogen and oxygen atoms in total. The molecule has 0 unspecified atom stereocenters. The van der Waals surface area contributed by atoms with Crippen molar-refractivity contribution >= 4 is 11.9 Å². The maximum Gasteiger partial charge on any atom is 0.336 e. The molecule has 0 bridgehead atoms. The lowest BCUT2D eigenvalue weighted by molar-refractivity contribution is 0.0695. The van der Waals surface area contributed by atoms with E-state index in [4.69, 9.17) is 0 Å². The number of hydrogen-bond donors (Lipinski definition) is 2. The monoisotopic (exact) mass is 259 g/mol. The summed E-state index contributed by atoms with van der Waals surface area (Å²) in [5, 5.41) is 18.5. The van der Waals surface area contributed by atoms with Crippen LogP contribution in [0.3, 0.4) is 0 Å². The lowest BCUT2D eigenvalue weighted by Gasteiger charge is -2.15. The Morgan fingerprint density at radius 1 is 1.00 bits per heavy atom. The summed E-state index contributed by atoms with van der Waals surface area (Å²) >= 11 is 0. The molecule has 2 aromatic rings. The number of hydrogen-bond acceptors (Lipinski definition) is 2. The third-order valence-corrected chi connectivity index (χ3v) is 3.15. The molecule has 0 aliphatic carbocycles. The first-order valence-electron chi connectivity index (χ1n) is 5.67. The van der Waals surface area contributed by atoms with Gasteiger partial charge in [-0.05, 0) is 43.2 Å². The van der Waals surface area contributed by atoms with Gasteiger partial charge >= 0.3 is 11.9 Å². The van der Waals surface area contributed by atoms with E-state index in [2.05, 4.69) is 0 Å². The van der Waals surface area contributed by atoms with Gasteiger partial charge in [-0.3, -0.25) is 0 Å². The van der Waals surface area contributed by atoms with E-state index in [9.17, 15) is 19.8 Å². The molecule has 0 aliphatic rings. The predicted molar refractivity (Wildman–Crippen MR) is 69.2 cm³/mol. The highest BCUT2D eigenvalue weighted by atomic mass is 16.4. The molecule has 1 heterocycles. The third-order valence-electron chi connectivity index (χ3n) is 3.15. The van der Waals surface area contributed by atoms with Crippen LogP contribution in [0.5, 0.6) is 0 Å². The summed E-state index contributed by atoms with van der Waals surface area (Å²) < 4.78 is 1.70. The minimum atomic E-state index is -1.13. The van der Waals surface area contributed by atoms with E-state index in [0.717, 1.165) is 0 Å². The predicted octanol–water partition coefficient (Wildman–Crippen LogP) is 2.49. The van der Waals surface area contributed by atoms with Crippen molar-refractivity contribution in [3.8, 4) is 5.69 Å². The van der Waals surface area contributed by atoms with Crippen LogP contribution in [-0.4, -0.2) is 26.7 Å². The van der Waals surface area contributed by atoms with Gasteiger partial charge in [0.25, 0.3) is 0 Å². The van der Waals surface area contributed by atoms with Crippen molar-refractivity contribution in [3.05, 3.63) is 52.8 Å². The van der Waals surface area contributed by atoms with E-state index in [1.54, 1.807) is 36.0 Å². The molecule has 0 radical (unpaired) electrons. The molecule has 98 valence electrons. The number of rotatable bonds is 3. The van der Waals surface area contributed by atoms with Crippen molar-refractivity contribution in [1.82, 2.24) is 4.57 Å². The van der Waals surface area contributed by atoms with Crippen molar-refractivity contribution < 1.29 is 19.8 Å². The van der Waals surface area contributed by atoms with Crippen molar-refractivity contribution in [2.75, 3.05) is 0 Å². The van der Waals surface area contributed by atoms with Crippen LogP contribution in [0.15, 0.2) is 30.6 Å². The minimum Gasteiger partial charge on any atom is -0.478 e. The Hall–Kier alpha value is -2.56. The lowest BCUT2D eigenvalue weighted by Crippen LogP contribution is -2.12. The first kappa shape index (κ1) is 12.9. The van der Waals surface area contributed by atoms with Crippen LogP contribution in [0, 0.1) is 13.8 Å². The summed E-state index contributed by atoms with van der Waals surface area (Å²) in [7, 11) is 0. The van der Waals surface area contributed by atoms with E-state index in [0.29, 0.717) is 11.3 Å². The number of nitrogens with zero attached hydrogens (tertiary/aromatic N) is 1. The quantitative estimate of drug-likeness (QED) is 0.887. The molecular weight excluding hydrogens is 246 g/mol. The zero-order valence-electron chi connectivity index (χ0n) is 10.5. The van der Waals surface area contributed by atoms with Crippen LogP contribution in [0.2, 0.25) is 0 Å². The first-order chi connectivity index (χ1) is 8.93. The summed E-state index contributed by atoms with van der Waals surface area (Å²) in [4.78, 5) is 22.6. The number of benzene rings is 1. The van der Waals surface area contributed by atoms with E-state index in [-0.39, 0.29) is 16.7 Å². The Bertz CT molecular complexity index is 657. The molecule has 2 N–H and O–H groups in total. The second kappa shape index (κ2) is 4.61. The third kappa shape index (κ3) is 2.10. The topological polar surface area (TPSA) is 79.5 Å². The molecule has 0 saturated carbocycles. The Morgan fingerprint density at radius 2 is 1.58 bits per heavy atom. The average Bonchev–Trinajstić information content (AvgIpc) is 2.81. The van der Waals surface area contributed by atoms with Crippen molar-refractivity contribution in [1.29, 1.82) is 0 Å². The maximum atomic E-state index is 11.3. The van der Waals surface area contributed by atoms with E-state index in [1.807, 2.05) is 0 Å². The van der Waals surface area contributed by atoms with Crippen molar-refractivity contribution in [2.24, 2.45) is 0 Å². The summed E-state index contributed by atoms with van der Waals surface area (Å²) in [6.07, 6.45) is 3.49. The Morgan fingerprint density at radius 3 is 2.05 bits per heavy atom. The Kier molecular flexibility index (Phi) is 3.12. The molecule has 0 saturated heterocycles. The Labute approximate surface area is 109 Å². The number of aromatic carboxylic acids is 2. The molecule has 0 atom stereocenters. The number of aromatic nitrogens is 1. The fourth-order valence-corrected chi connectivity index (χ4v) is 2.20. The fourth-order valence-electron chi connectivity index (χ4n) is 2.20. The van der Waals surface area contributed by atoms with Crippen LogP contribution in [0.25, 0.3) is 5.69 Å². The molecule has 5 heteroatoms. The van der Waals surface area contributed by atoms with Crippen molar-refractivity contribution in [3.63, 3.8) is 0 Å². The molecule has 0 amide bonds. The minimum absolute atomic E-state index is 0.00620. The van der Waals surface area contributed by atoms with Crippen LogP contribution in [0.4, 0.5) is 0 Å². The molecule has 1 aromatic heterocycles. The number of carboxylic acid groups (broad SMARTS) is 2. The van der Waals surface area contributed by atoms with Gasteiger partial charge in [-0.25, -0.2) is 9.59 Å². The van der Waals surface area contributed by atoms with E-state index >= 15 is 0 Å². The summed E-state index contributed by atoms with van der Waals surface area (Å²) in [6, 6.07) is 5.08. The van der Waals surface area contributed by atoms with Crippen molar-refractivity contribution in [2.45, 2.75) is 13.8 Å². The summed E-state index contributed by atoms with van der Waals surface area (Å²) in [6.45, 7) is 3.19. The first-order valence-corrected chi connectivity index (χ1v) is 5.67. The summed E-state index contributed by atoms with van der Waals surface area (Å²) in [5.74, 6) is -2.25. The largest absolute Gasteiger partial charge is 0.478 e. The van der Waals surface area contributed by atoms with Crippen LogP contribution in [0.1, 0.15) is 31.8 Å². The standard InChI is InChI=1S/C14H13NO4/c1-8-10(13(16)17)7-11(15-5-3-4-6-15)9(2)12(8)14(18)19/h3-7H,1-2H3,(H,16,17)(H,18,19). The van der Waals surface area contributed by atoms with Gasteiger partial charge in [0.1, 0.15) is 0 Å². The second-order valence-electron chi connectivity index (χ2n) is 4.27. The van der Waals surface area contributed by atoms with Gasteiger partial charge in [-0.15, -0.1) is 0 Å². The van der Waals surface area contributed by atoms with Gasteiger partial charge in [-0.2, -0.15) is 0 Å². The highest BCUT2D eigenvalue weighted by Gasteiger charge is 2.21. The molecule has 0 fully saturated rings. The van der Waals surface area contributed by atoms with Gasteiger partial charge in [-0.1, -0.05) is 0 Å². The van der Waals surface area contributed by atoms with Gasteiger partial charge in [0.15, 0.2) is 0 Å². The van der Waals surface area contributed by atoms with Crippen LogP contribution >= 0.6 is 0 Å². The highest BCUT2D eigenvalue weighted by molar-refractivity contribution is 5.99. The molecule has 0 aliphatic heterocycles. The van der Waals surface area contributed by atoms with Crippen LogP contribution < -0.4 is 0 Å². The van der Waals surface area contributed by atoms with Gasteiger partial charge in [0.2, 0.25) is 0 Å². The van der Waals surface area contributed by atoms with Gasteiger partial charge in [0, 0.05) is 18.1 Å². The smallest absolute Gasteiger partial charge is 0.336 e. The number of carboxylic acids is 2. The average molecular weight is 259 g/mol. The Balaban J connectivity index is 2.82. The molecule has 19 heavy (non-hydrogen) atoms. The SMILES string of the molecule is Cc1c(C(=O)O)cc(-n2cccc2)c(C)c1C(=O)O. The van der Waals surface area contributed by atoms with Gasteiger partial charge < -0.3 is 14.8 Å². The maximum absolute atomic E-state index is 11.3.